The van der Waals surface area contributed by atoms with Gasteiger partial charge in [-0.25, -0.2) is 4.98 Å². The van der Waals surface area contributed by atoms with Gasteiger partial charge in [0, 0.05) is 6.07 Å². The molecule has 14 heteroatoms. The van der Waals surface area contributed by atoms with E-state index in [1.165, 1.54) is 12.1 Å². The maximum atomic E-state index is 10.8. The molecule has 0 aliphatic carbocycles. The van der Waals surface area contributed by atoms with Crippen LogP contribution in [0.2, 0.25) is 0 Å². The van der Waals surface area contributed by atoms with E-state index in [-0.39, 0.29) is 10.0 Å². The molecule has 0 N–H and O–H groups in total. The molecule has 1 aliphatic rings. The van der Waals surface area contributed by atoms with E-state index in [2.05, 4.69) is 25.7 Å². The van der Waals surface area contributed by atoms with Gasteiger partial charge < -0.3 is 0 Å². The van der Waals surface area contributed by atoms with Crippen LogP contribution in [-0.2, 0) is 4.99 Å². The molecular formula is C8H3N7O4S3. The quantitative estimate of drug-likeness (QED) is 0.587. The van der Waals surface area contributed by atoms with Crippen LogP contribution in [0.1, 0.15) is 4.88 Å². The summed E-state index contributed by atoms with van der Waals surface area (Å²) in [5.74, 6) is 0. The summed E-state index contributed by atoms with van der Waals surface area (Å²) in [5, 5.41) is 36.0. The van der Waals surface area contributed by atoms with Crippen molar-refractivity contribution in [2.45, 2.75) is 9.33 Å². The molecule has 1 aliphatic heterocycles. The first-order chi connectivity index (χ1) is 10.5. The zero-order chi connectivity index (χ0) is 15.7. The molecule has 0 saturated carbocycles. The Morgan fingerprint density at radius 2 is 1.73 bits per heavy atom. The molecule has 0 saturated heterocycles. The van der Waals surface area contributed by atoms with Crippen LogP contribution in [0, 0.1) is 20.2 Å². The molecule has 22 heavy (non-hydrogen) atoms. The molecule has 0 radical (unpaired) electrons. The normalized spacial score (nSPS) is 15.3. The van der Waals surface area contributed by atoms with Gasteiger partial charge in [-0.3, -0.25) is 20.2 Å². The lowest BCUT2D eigenvalue weighted by atomic mass is 10.4. The third kappa shape index (κ3) is 2.58. The Bertz CT molecular complexity index is 800. The summed E-state index contributed by atoms with van der Waals surface area (Å²) in [4.78, 5) is 23.4. The average molecular weight is 357 g/mol. The molecule has 2 aromatic rings. The second-order valence-corrected chi connectivity index (χ2v) is 7.20. The first-order valence-corrected chi connectivity index (χ1v) is 7.83. The zero-order valence-electron chi connectivity index (χ0n) is 10.2. The molecule has 0 atom stereocenters. The van der Waals surface area contributed by atoms with Crippen LogP contribution >= 0.6 is 34.4 Å². The SMILES string of the molecule is O=[N+]([O-])c1ccc(C2(Sc3ncc([N+](=O)[O-])s3)N=NN=N2)s1. The minimum atomic E-state index is -1.33. The van der Waals surface area contributed by atoms with Crippen LogP contribution in [0.5, 0.6) is 0 Å². The summed E-state index contributed by atoms with van der Waals surface area (Å²) >= 11 is 2.72. The lowest BCUT2D eigenvalue weighted by molar-refractivity contribution is -0.380. The Morgan fingerprint density at radius 3 is 2.27 bits per heavy atom. The van der Waals surface area contributed by atoms with Gasteiger partial charge in [0.1, 0.15) is 6.20 Å². The van der Waals surface area contributed by atoms with Crippen LogP contribution in [0.25, 0.3) is 0 Å². The number of aromatic nitrogens is 1. The fourth-order valence-electron chi connectivity index (χ4n) is 1.48. The van der Waals surface area contributed by atoms with Gasteiger partial charge in [-0.05, 0) is 39.6 Å². The van der Waals surface area contributed by atoms with E-state index in [1.807, 2.05) is 0 Å². The number of nitro groups is 2. The highest BCUT2D eigenvalue weighted by Gasteiger charge is 2.41. The van der Waals surface area contributed by atoms with E-state index in [9.17, 15) is 20.2 Å². The maximum absolute atomic E-state index is 10.8. The Hall–Kier alpha value is -2.32. The van der Waals surface area contributed by atoms with Crippen molar-refractivity contribution in [3.63, 3.8) is 0 Å². The number of thiophene rings is 1. The average Bonchev–Trinajstić information content (AvgIpc) is 3.19. The molecule has 112 valence electrons. The largest absolute Gasteiger partial charge is 0.344 e. The molecular weight excluding hydrogens is 354 g/mol. The molecule has 0 spiro atoms. The van der Waals surface area contributed by atoms with Crippen molar-refractivity contribution in [2.24, 2.45) is 20.7 Å². The lowest BCUT2D eigenvalue weighted by Gasteiger charge is -2.14. The van der Waals surface area contributed by atoms with Crippen LogP contribution in [0.3, 0.4) is 0 Å². The fourth-order valence-corrected chi connectivity index (χ4v) is 4.42. The molecule has 2 aromatic heterocycles. The maximum Gasteiger partial charge on any atom is 0.344 e. The molecule has 0 amide bonds. The minimum Gasteiger partial charge on any atom is -0.258 e. The first-order valence-electron chi connectivity index (χ1n) is 5.38. The predicted octanol–water partition coefficient (Wildman–Crippen LogP) is 3.76. The molecule has 11 nitrogen and oxygen atoms in total. The van der Waals surface area contributed by atoms with E-state index in [0.717, 1.165) is 40.6 Å². The van der Waals surface area contributed by atoms with Gasteiger partial charge in [-0.15, -0.1) is 10.2 Å². The molecule has 3 rings (SSSR count). The predicted molar refractivity (Wildman–Crippen MR) is 77.0 cm³/mol. The third-order valence-electron chi connectivity index (χ3n) is 2.38. The van der Waals surface area contributed by atoms with Gasteiger partial charge in [-0.2, -0.15) is 0 Å². The molecule has 0 unspecified atom stereocenters. The van der Waals surface area contributed by atoms with Crippen LogP contribution < -0.4 is 0 Å². The fraction of sp³-hybridized carbons (Fsp3) is 0.125. The number of thiazole rings is 1. The second-order valence-electron chi connectivity index (χ2n) is 3.71. The van der Waals surface area contributed by atoms with Crippen molar-refractivity contribution in [3.05, 3.63) is 43.4 Å². The summed E-state index contributed by atoms with van der Waals surface area (Å²) in [6.45, 7) is 0. The Morgan fingerprint density at radius 1 is 1.05 bits per heavy atom. The number of hydrogen-bond donors (Lipinski definition) is 0. The Kier molecular flexibility index (Phi) is 3.63. The van der Waals surface area contributed by atoms with Crippen LogP contribution in [0.15, 0.2) is 43.3 Å². The van der Waals surface area contributed by atoms with Crippen molar-refractivity contribution in [1.29, 1.82) is 0 Å². The Balaban J connectivity index is 1.94. The van der Waals surface area contributed by atoms with Crippen molar-refractivity contribution >= 4 is 44.4 Å². The Labute approximate surface area is 133 Å². The summed E-state index contributed by atoms with van der Waals surface area (Å²) in [6.07, 6.45) is 1.13. The standard InChI is InChI=1S/C8H3N7O4S3/c16-14(17)5-2-1-4(20-5)8(10-12-13-11-8)22-7-9-3-6(21-7)15(18)19/h1-3H. The third-order valence-corrected chi connectivity index (χ3v) is 5.83. The smallest absolute Gasteiger partial charge is 0.258 e. The van der Waals surface area contributed by atoms with Crippen molar-refractivity contribution in [3.8, 4) is 0 Å². The summed E-state index contributed by atoms with van der Waals surface area (Å²) in [6, 6.07) is 2.83. The second kappa shape index (κ2) is 5.47. The van der Waals surface area contributed by atoms with E-state index in [1.54, 1.807) is 0 Å². The van der Waals surface area contributed by atoms with Crippen LogP contribution in [0.4, 0.5) is 10.0 Å². The van der Waals surface area contributed by atoms with Gasteiger partial charge in [0.25, 0.3) is 4.99 Å². The van der Waals surface area contributed by atoms with Gasteiger partial charge in [0.05, 0.1) is 14.7 Å². The molecule has 0 aromatic carbocycles. The molecule has 3 heterocycles. The highest BCUT2D eigenvalue weighted by Crippen LogP contribution is 2.51. The summed E-state index contributed by atoms with van der Waals surface area (Å²) in [5.41, 5.74) is 0. The van der Waals surface area contributed by atoms with Gasteiger partial charge >= 0.3 is 10.0 Å². The van der Waals surface area contributed by atoms with E-state index >= 15 is 0 Å². The van der Waals surface area contributed by atoms with E-state index < -0.39 is 14.8 Å². The van der Waals surface area contributed by atoms with E-state index in [4.69, 9.17) is 0 Å². The monoisotopic (exact) mass is 357 g/mol. The van der Waals surface area contributed by atoms with Crippen molar-refractivity contribution in [1.82, 2.24) is 4.98 Å². The van der Waals surface area contributed by atoms with Gasteiger partial charge in [0.15, 0.2) is 4.34 Å². The number of nitrogens with zero attached hydrogens (tertiary/aromatic N) is 7. The van der Waals surface area contributed by atoms with Gasteiger partial charge in [-0.1, -0.05) is 11.3 Å². The zero-order valence-corrected chi connectivity index (χ0v) is 12.7. The minimum absolute atomic E-state index is 0.0719. The lowest BCUT2D eigenvalue weighted by Crippen LogP contribution is -2.11. The van der Waals surface area contributed by atoms with Crippen molar-refractivity contribution < 1.29 is 9.85 Å². The molecule has 0 bridgehead atoms. The topological polar surface area (TPSA) is 149 Å². The number of thioether (sulfide) groups is 1. The highest BCUT2D eigenvalue weighted by molar-refractivity contribution is 8.02. The highest BCUT2D eigenvalue weighted by atomic mass is 32.2. The van der Waals surface area contributed by atoms with Gasteiger partial charge in [0.2, 0.25) is 0 Å². The van der Waals surface area contributed by atoms with Crippen LogP contribution in [-0.4, -0.2) is 14.8 Å². The first kappa shape index (κ1) is 14.6. The van der Waals surface area contributed by atoms with Crippen molar-refractivity contribution in [2.75, 3.05) is 0 Å². The van der Waals surface area contributed by atoms with E-state index in [0.29, 0.717) is 9.22 Å². The number of hydrogen-bond acceptors (Lipinski definition) is 12. The summed E-state index contributed by atoms with van der Waals surface area (Å²) in [7, 11) is 0. The number of rotatable bonds is 5. The molecule has 0 fully saturated rings. The summed E-state index contributed by atoms with van der Waals surface area (Å²) < 4.78 is 0.336.